The minimum Gasteiger partial charge on any atom is -0.506 e. The first-order valence-corrected chi connectivity index (χ1v) is 14.1. The summed E-state index contributed by atoms with van der Waals surface area (Å²) in [5, 5.41) is 22.0. The van der Waals surface area contributed by atoms with Crippen molar-refractivity contribution in [1.82, 2.24) is 20.3 Å². The summed E-state index contributed by atoms with van der Waals surface area (Å²) in [4.78, 5) is 28.5. The summed E-state index contributed by atoms with van der Waals surface area (Å²) in [6.07, 6.45) is 6.15. The Morgan fingerprint density at radius 2 is 2.02 bits per heavy atom. The third-order valence-electron chi connectivity index (χ3n) is 7.04. The number of hydrogen-bond acceptors (Lipinski definition) is 9. The van der Waals surface area contributed by atoms with Crippen LogP contribution in [0.2, 0.25) is 0 Å². The molecule has 2 N–H and O–H groups in total. The van der Waals surface area contributed by atoms with E-state index in [9.17, 15) is 19.6 Å². The largest absolute Gasteiger partial charge is 0.506 e. The summed E-state index contributed by atoms with van der Waals surface area (Å²) in [6.45, 7) is 3.79. The smallest absolute Gasteiger partial charge is 0.273 e. The molecule has 1 amide bonds. The van der Waals surface area contributed by atoms with E-state index in [1.807, 2.05) is 17.9 Å². The lowest BCUT2D eigenvalue weighted by Gasteiger charge is -2.34. The fraction of sp³-hybridized carbons (Fsp3) is 0.281. The summed E-state index contributed by atoms with van der Waals surface area (Å²) >= 11 is 0. The zero-order chi connectivity index (χ0) is 30.2. The molecule has 0 aliphatic carbocycles. The Morgan fingerprint density at radius 1 is 1.19 bits per heavy atom. The van der Waals surface area contributed by atoms with E-state index in [1.165, 1.54) is 18.3 Å². The number of nitriles is 1. The van der Waals surface area contributed by atoms with Crippen LogP contribution in [0.4, 0.5) is 10.1 Å². The minimum absolute atomic E-state index is 0.0600. The van der Waals surface area contributed by atoms with E-state index < -0.39 is 11.7 Å². The predicted octanol–water partition coefficient (Wildman–Crippen LogP) is 4.67. The minimum atomic E-state index is -0.446. The second-order valence-electron chi connectivity index (χ2n) is 9.97. The van der Waals surface area contributed by atoms with Crippen molar-refractivity contribution in [2.45, 2.75) is 32.3 Å². The van der Waals surface area contributed by atoms with E-state index >= 15 is 0 Å². The normalized spacial score (nSPS) is 13.3. The van der Waals surface area contributed by atoms with Crippen LogP contribution in [0.25, 0.3) is 11.3 Å². The van der Waals surface area contributed by atoms with Gasteiger partial charge in [-0.05, 0) is 67.4 Å². The van der Waals surface area contributed by atoms with E-state index in [1.54, 1.807) is 42.7 Å². The molecular formula is C32H31FN6O4. The lowest BCUT2D eigenvalue weighted by atomic mass is 10.0. The number of pyridine rings is 3. The van der Waals surface area contributed by atoms with Gasteiger partial charge in [0.2, 0.25) is 5.88 Å². The van der Waals surface area contributed by atoms with E-state index in [4.69, 9.17) is 14.5 Å². The van der Waals surface area contributed by atoms with Gasteiger partial charge in [0.05, 0.1) is 35.3 Å². The monoisotopic (exact) mass is 582 g/mol. The molecular weight excluding hydrogens is 551 g/mol. The molecule has 0 saturated carbocycles. The number of rotatable bonds is 10. The van der Waals surface area contributed by atoms with Gasteiger partial charge in [0.15, 0.2) is 11.4 Å². The Balaban J connectivity index is 1.34. The fourth-order valence-corrected chi connectivity index (χ4v) is 4.97. The number of aromatic hydroxyl groups is 1. The summed E-state index contributed by atoms with van der Waals surface area (Å²) in [5.74, 6) is -0.0311. The summed E-state index contributed by atoms with van der Waals surface area (Å²) in [5.41, 5.74) is 3.06. The molecule has 0 atom stereocenters. The zero-order valence-corrected chi connectivity index (χ0v) is 23.7. The van der Waals surface area contributed by atoms with Gasteiger partial charge in [0.25, 0.3) is 5.91 Å². The highest BCUT2D eigenvalue weighted by molar-refractivity contribution is 5.95. The molecule has 4 heterocycles. The number of benzene rings is 1. The van der Waals surface area contributed by atoms with Crippen LogP contribution in [0.15, 0.2) is 67.1 Å². The maximum Gasteiger partial charge on any atom is 0.273 e. The van der Waals surface area contributed by atoms with Crippen molar-refractivity contribution in [3.63, 3.8) is 0 Å². The average molecular weight is 583 g/mol. The van der Waals surface area contributed by atoms with Gasteiger partial charge < -0.3 is 24.8 Å². The molecule has 43 heavy (non-hydrogen) atoms. The summed E-state index contributed by atoms with van der Waals surface area (Å²) in [7, 11) is 0. The third kappa shape index (κ3) is 7.16. The van der Waals surface area contributed by atoms with Crippen molar-refractivity contribution in [2.24, 2.45) is 0 Å². The standard InChI is InChI=1S/C32H31FN6O4/c1-2-42-32-26(4-3-12-37-32)27-6-8-29(30(38-27)31(41)36-13-9-21-16-24(40)20-35-19-21)43-25-10-14-39(15-11-25)28-7-5-23(33)17-22(28)18-34/h3-8,12,16-17,19-20,25,40H,2,9-11,13-15H2,1H3,(H,36,41). The van der Waals surface area contributed by atoms with Crippen LogP contribution in [0.1, 0.15) is 41.4 Å². The Kier molecular flexibility index (Phi) is 9.26. The molecule has 4 aromatic rings. The van der Waals surface area contributed by atoms with Crippen LogP contribution in [0, 0.1) is 17.1 Å². The molecule has 11 heteroatoms. The average Bonchev–Trinajstić information content (AvgIpc) is 3.02. The van der Waals surface area contributed by atoms with E-state index in [2.05, 4.69) is 21.4 Å². The maximum atomic E-state index is 13.6. The third-order valence-corrected chi connectivity index (χ3v) is 7.04. The number of amides is 1. The number of carbonyl (C=O) groups excluding carboxylic acids is 1. The lowest BCUT2D eigenvalue weighted by molar-refractivity contribution is 0.0938. The fourth-order valence-electron chi connectivity index (χ4n) is 4.97. The van der Waals surface area contributed by atoms with Crippen molar-refractivity contribution in [2.75, 3.05) is 31.1 Å². The molecule has 220 valence electrons. The number of hydrogen-bond donors (Lipinski definition) is 2. The highest BCUT2D eigenvalue weighted by Crippen LogP contribution is 2.31. The number of ether oxygens (including phenoxy) is 2. The molecule has 0 radical (unpaired) electrons. The Morgan fingerprint density at radius 3 is 2.79 bits per heavy atom. The molecule has 0 spiro atoms. The summed E-state index contributed by atoms with van der Waals surface area (Å²) in [6, 6.07) is 15.0. The molecule has 0 unspecified atom stereocenters. The van der Waals surface area contributed by atoms with Gasteiger partial charge in [0.1, 0.15) is 23.7 Å². The highest BCUT2D eigenvalue weighted by Gasteiger charge is 2.25. The SMILES string of the molecule is CCOc1ncccc1-c1ccc(OC2CCN(c3ccc(F)cc3C#N)CC2)c(C(=O)NCCc2cncc(O)c2)n1. The van der Waals surface area contributed by atoms with E-state index in [0.29, 0.717) is 79.6 Å². The van der Waals surface area contributed by atoms with Gasteiger partial charge in [-0.25, -0.2) is 14.4 Å². The van der Waals surface area contributed by atoms with Gasteiger partial charge in [-0.15, -0.1) is 0 Å². The Bertz CT molecular complexity index is 1630. The van der Waals surface area contributed by atoms with Crippen molar-refractivity contribution in [1.29, 1.82) is 5.26 Å². The number of piperidine rings is 1. The second-order valence-corrected chi connectivity index (χ2v) is 9.97. The van der Waals surface area contributed by atoms with Crippen LogP contribution < -0.4 is 19.7 Å². The van der Waals surface area contributed by atoms with Gasteiger partial charge in [-0.3, -0.25) is 9.78 Å². The quantitative estimate of drug-likeness (QED) is 0.274. The van der Waals surface area contributed by atoms with Crippen molar-refractivity contribution >= 4 is 11.6 Å². The first kappa shape index (κ1) is 29.3. The van der Waals surface area contributed by atoms with Crippen LogP contribution in [-0.4, -0.2) is 58.3 Å². The number of halogens is 1. The van der Waals surface area contributed by atoms with Gasteiger partial charge >= 0.3 is 0 Å². The second kappa shape index (κ2) is 13.6. The molecule has 5 rings (SSSR count). The highest BCUT2D eigenvalue weighted by atomic mass is 19.1. The molecule has 3 aromatic heterocycles. The van der Waals surface area contributed by atoms with Gasteiger partial charge in [0, 0.05) is 44.9 Å². The van der Waals surface area contributed by atoms with Crippen molar-refractivity contribution in [3.8, 4) is 34.7 Å². The van der Waals surface area contributed by atoms with E-state index in [-0.39, 0.29) is 17.5 Å². The zero-order valence-electron chi connectivity index (χ0n) is 23.7. The number of carbonyl (C=O) groups is 1. The molecule has 1 saturated heterocycles. The van der Waals surface area contributed by atoms with E-state index in [0.717, 1.165) is 5.56 Å². The first-order valence-electron chi connectivity index (χ1n) is 14.1. The lowest BCUT2D eigenvalue weighted by Crippen LogP contribution is -2.39. The first-order chi connectivity index (χ1) is 20.9. The van der Waals surface area contributed by atoms with Gasteiger partial charge in [-0.1, -0.05) is 0 Å². The number of aromatic nitrogens is 3. The number of nitrogens with zero attached hydrogens (tertiary/aromatic N) is 5. The molecule has 0 bridgehead atoms. The Hall–Kier alpha value is -5.24. The molecule has 1 aromatic carbocycles. The topological polar surface area (TPSA) is 133 Å². The van der Waals surface area contributed by atoms with Gasteiger partial charge in [-0.2, -0.15) is 5.26 Å². The molecule has 1 aliphatic rings. The van der Waals surface area contributed by atoms with Crippen molar-refractivity contribution < 1.29 is 23.8 Å². The molecule has 1 aliphatic heterocycles. The molecule has 10 nitrogen and oxygen atoms in total. The Labute approximate surface area is 248 Å². The van der Waals surface area contributed by atoms with Crippen molar-refractivity contribution in [3.05, 3.63) is 89.8 Å². The van der Waals surface area contributed by atoms with Crippen LogP contribution in [-0.2, 0) is 6.42 Å². The number of nitrogens with one attached hydrogen (secondary N) is 1. The summed E-state index contributed by atoms with van der Waals surface area (Å²) < 4.78 is 25.7. The number of anilines is 1. The van der Waals surface area contributed by atoms with Crippen LogP contribution >= 0.6 is 0 Å². The maximum absolute atomic E-state index is 13.6. The van der Waals surface area contributed by atoms with Crippen LogP contribution in [0.5, 0.6) is 17.4 Å². The van der Waals surface area contributed by atoms with Crippen LogP contribution in [0.3, 0.4) is 0 Å². The predicted molar refractivity (Wildman–Crippen MR) is 158 cm³/mol. The molecule has 1 fully saturated rings.